The SMILES string of the molecule is CCOc1ccc(C(=O)CN(C)CC(F)F)cc1. The number of hydrogen-bond acceptors (Lipinski definition) is 3. The number of benzene rings is 1. The van der Waals surface area contributed by atoms with Crippen LogP contribution in [-0.2, 0) is 0 Å². The molecule has 0 amide bonds. The molecule has 0 saturated carbocycles. The van der Waals surface area contributed by atoms with Gasteiger partial charge in [0.25, 0.3) is 6.43 Å². The first-order chi connectivity index (χ1) is 8.52. The number of hydrogen-bond donors (Lipinski definition) is 0. The van der Waals surface area contributed by atoms with Gasteiger partial charge in [0, 0.05) is 5.56 Å². The minimum Gasteiger partial charge on any atom is -0.494 e. The van der Waals surface area contributed by atoms with E-state index in [4.69, 9.17) is 4.74 Å². The quantitative estimate of drug-likeness (QED) is 0.703. The van der Waals surface area contributed by atoms with Gasteiger partial charge in [-0.25, -0.2) is 8.78 Å². The largest absolute Gasteiger partial charge is 0.494 e. The average molecular weight is 257 g/mol. The summed E-state index contributed by atoms with van der Waals surface area (Å²) < 4.78 is 29.5. The first-order valence-corrected chi connectivity index (χ1v) is 5.75. The number of likely N-dealkylation sites (N-methyl/N-ethyl adjacent to an activating group) is 1. The van der Waals surface area contributed by atoms with Crippen LogP contribution in [0, 0.1) is 0 Å². The van der Waals surface area contributed by atoms with Gasteiger partial charge >= 0.3 is 0 Å². The van der Waals surface area contributed by atoms with Crippen LogP contribution in [0.5, 0.6) is 5.75 Å². The molecule has 0 saturated heterocycles. The van der Waals surface area contributed by atoms with Gasteiger partial charge < -0.3 is 4.74 Å². The van der Waals surface area contributed by atoms with E-state index in [1.807, 2.05) is 6.92 Å². The number of alkyl halides is 2. The Balaban J connectivity index is 2.56. The van der Waals surface area contributed by atoms with E-state index >= 15 is 0 Å². The fourth-order valence-corrected chi connectivity index (χ4v) is 1.54. The molecule has 0 aliphatic carbocycles. The Morgan fingerprint density at radius 3 is 2.44 bits per heavy atom. The van der Waals surface area contributed by atoms with Crippen LogP contribution < -0.4 is 4.74 Å². The van der Waals surface area contributed by atoms with E-state index in [-0.39, 0.29) is 12.3 Å². The van der Waals surface area contributed by atoms with Gasteiger partial charge in [0.2, 0.25) is 0 Å². The second-order valence-electron chi connectivity index (χ2n) is 3.97. The molecule has 0 atom stereocenters. The van der Waals surface area contributed by atoms with E-state index in [0.717, 1.165) is 0 Å². The minimum absolute atomic E-state index is 0.0156. The molecule has 0 heterocycles. The van der Waals surface area contributed by atoms with Crippen molar-refractivity contribution >= 4 is 5.78 Å². The van der Waals surface area contributed by atoms with Crippen LogP contribution in [0.3, 0.4) is 0 Å². The number of carbonyl (C=O) groups excluding carboxylic acids is 1. The predicted octanol–water partition coefficient (Wildman–Crippen LogP) is 2.46. The molecular weight excluding hydrogens is 240 g/mol. The highest BCUT2D eigenvalue weighted by Gasteiger charge is 2.13. The lowest BCUT2D eigenvalue weighted by molar-refractivity contribution is 0.0820. The first kappa shape index (κ1) is 14.6. The number of ketones is 1. The Morgan fingerprint density at radius 1 is 1.33 bits per heavy atom. The second-order valence-corrected chi connectivity index (χ2v) is 3.97. The van der Waals surface area contributed by atoms with E-state index in [1.165, 1.54) is 11.9 Å². The number of Topliss-reactive ketones (excluding diaryl/α,β-unsaturated/α-hetero) is 1. The minimum atomic E-state index is -2.43. The van der Waals surface area contributed by atoms with Crippen molar-refractivity contribution in [1.29, 1.82) is 0 Å². The highest BCUT2D eigenvalue weighted by Crippen LogP contribution is 2.12. The van der Waals surface area contributed by atoms with Crippen molar-refractivity contribution < 1.29 is 18.3 Å². The van der Waals surface area contributed by atoms with Gasteiger partial charge in [-0.05, 0) is 38.2 Å². The topological polar surface area (TPSA) is 29.5 Å². The number of nitrogens with zero attached hydrogens (tertiary/aromatic N) is 1. The zero-order valence-electron chi connectivity index (χ0n) is 10.5. The third kappa shape index (κ3) is 4.79. The maximum atomic E-state index is 12.1. The van der Waals surface area contributed by atoms with Gasteiger partial charge in [0.05, 0.1) is 19.7 Å². The fourth-order valence-electron chi connectivity index (χ4n) is 1.54. The summed E-state index contributed by atoms with van der Waals surface area (Å²) in [6, 6.07) is 6.68. The fraction of sp³-hybridized carbons (Fsp3) is 0.462. The number of rotatable bonds is 7. The van der Waals surface area contributed by atoms with Gasteiger partial charge in [-0.2, -0.15) is 0 Å². The summed E-state index contributed by atoms with van der Waals surface area (Å²) in [4.78, 5) is 13.1. The second kappa shape index (κ2) is 7.06. The summed E-state index contributed by atoms with van der Waals surface area (Å²) in [5.74, 6) is 0.510. The Labute approximate surface area is 105 Å². The highest BCUT2D eigenvalue weighted by molar-refractivity contribution is 5.97. The van der Waals surface area contributed by atoms with E-state index in [0.29, 0.717) is 17.9 Å². The van der Waals surface area contributed by atoms with Gasteiger partial charge in [-0.1, -0.05) is 0 Å². The van der Waals surface area contributed by atoms with E-state index in [9.17, 15) is 13.6 Å². The average Bonchev–Trinajstić information content (AvgIpc) is 2.29. The molecule has 18 heavy (non-hydrogen) atoms. The lowest BCUT2D eigenvalue weighted by Crippen LogP contribution is -2.30. The molecule has 0 N–H and O–H groups in total. The standard InChI is InChI=1S/C13H17F2NO2/c1-3-18-11-6-4-10(5-7-11)12(17)8-16(2)9-13(14)15/h4-7,13H,3,8-9H2,1-2H3. The summed E-state index contributed by atoms with van der Waals surface area (Å²) in [5.41, 5.74) is 0.500. The molecule has 0 spiro atoms. The van der Waals surface area contributed by atoms with Crippen LogP contribution in [-0.4, -0.2) is 43.9 Å². The molecule has 100 valence electrons. The summed E-state index contributed by atoms with van der Waals surface area (Å²) in [7, 11) is 1.50. The third-order valence-corrected chi connectivity index (χ3v) is 2.35. The maximum absolute atomic E-state index is 12.1. The molecule has 0 aromatic heterocycles. The Morgan fingerprint density at radius 2 is 1.94 bits per heavy atom. The van der Waals surface area contributed by atoms with Crippen LogP contribution >= 0.6 is 0 Å². The summed E-state index contributed by atoms with van der Waals surface area (Å²) in [6.45, 7) is 2.02. The molecular formula is C13H17F2NO2. The number of carbonyl (C=O) groups is 1. The van der Waals surface area contributed by atoms with E-state index < -0.39 is 13.0 Å². The van der Waals surface area contributed by atoms with Crippen LogP contribution in [0.15, 0.2) is 24.3 Å². The Hall–Kier alpha value is -1.49. The van der Waals surface area contributed by atoms with Crippen molar-refractivity contribution in [3.8, 4) is 5.75 Å². The maximum Gasteiger partial charge on any atom is 0.251 e. The van der Waals surface area contributed by atoms with Crippen molar-refractivity contribution in [1.82, 2.24) is 4.90 Å². The smallest absolute Gasteiger partial charge is 0.251 e. The highest BCUT2D eigenvalue weighted by atomic mass is 19.3. The molecule has 0 bridgehead atoms. The number of halogens is 2. The molecule has 1 rings (SSSR count). The van der Waals surface area contributed by atoms with E-state index in [1.54, 1.807) is 24.3 Å². The Bertz CT molecular complexity index is 379. The zero-order chi connectivity index (χ0) is 13.5. The van der Waals surface area contributed by atoms with Crippen molar-refractivity contribution in [3.63, 3.8) is 0 Å². The van der Waals surface area contributed by atoms with Crippen molar-refractivity contribution in [2.24, 2.45) is 0 Å². The first-order valence-electron chi connectivity index (χ1n) is 5.75. The van der Waals surface area contributed by atoms with Crippen LogP contribution in [0.25, 0.3) is 0 Å². The molecule has 0 radical (unpaired) electrons. The van der Waals surface area contributed by atoms with Crippen molar-refractivity contribution in [3.05, 3.63) is 29.8 Å². The van der Waals surface area contributed by atoms with Crippen molar-refractivity contribution in [2.45, 2.75) is 13.3 Å². The van der Waals surface area contributed by atoms with Gasteiger partial charge in [-0.3, -0.25) is 9.69 Å². The zero-order valence-corrected chi connectivity index (χ0v) is 10.5. The predicted molar refractivity (Wildman–Crippen MR) is 65.4 cm³/mol. The normalized spacial score (nSPS) is 11.0. The van der Waals surface area contributed by atoms with Gasteiger partial charge in [0.1, 0.15) is 5.75 Å². The molecule has 1 aromatic rings. The summed E-state index contributed by atoms with van der Waals surface area (Å²) in [5, 5.41) is 0. The van der Waals surface area contributed by atoms with E-state index in [2.05, 4.69) is 0 Å². The summed E-state index contributed by atoms with van der Waals surface area (Å²) in [6.07, 6.45) is -2.43. The molecule has 3 nitrogen and oxygen atoms in total. The van der Waals surface area contributed by atoms with Crippen LogP contribution in [0.2, 0.25) is 0 Å². The number of ether oxygens (including phenoxy) is 1. The van der Waals surface area contributed by atoms with Crippen molar-refractivity contribution in [2.75, 3.05) is 26.7 Å². The molecule has 0 fully saturated rings. The monoisotopic (exact) mass is 257 g/mol. The molecule has 1 aromatic carbocycles. The summed E-state index contributed by atoms with van der Waals surface area (Å²) >= 11 is 0. The molecule has 0 aliphatic rings. The lowest BCUT2D eigenvalue weighted by atomic mass is 10.1. The van der Waals surface area contributed by atoms with Gasteiger partial charge in [-0.15, -0.1) is 0 Å². The molecule has 0 unspecified atom stereocenters. The lowest BCUT2D eigenvalue weighted by Gasteiger charge is -2.14. The Kier molecular flexibility index (Phi) is 5.71. The van der Waals surface area contributed by atoms with Crippen LogP contribution in [0.1, 0.15) is 17.3 Å². The third-order valence-electron chi connectivity index (χ3n) is 2.35. The van der Waals surface area contributed by atoms with Crippen LogP contribution in [0.4, 0.5) is 8.78 Å². The molecule has 5 heteroatoms. The molecule has 0 aliphatic heterocycles. The van der Waals surface area contributed by atoms with Gasteiger partial charge in [0.15, 0.2) is 5.78 Å².